The fraction of sp³-hybridized carbons (Fsp3) is 0.647. The summed E-state index contributed by atoms with van der Waals surface area (Å²) in [6, 6.07) is 4.99. The number of alkyl halides is 1. The average Bonchev–Trinajstić information content (AvgIpc) is 2.86. The summed E-state index contributed by atoms with van der Waals surface area (Å²) in [6.45, 7) is 6.75. The van der Waals surface area contributed by atoms with Gasteiger partial charge in [0.15, 0.2) is 0 Å². The van der Waals surface area contributed by atoms with Gasteiger partial charge in [0.2, 0.25) is 0 Å². The minimum absolute atomic E-state index is 0.00444. The van der Waals surface area contributed by atoms with Crippen molar-refractivity contribution in [3.05, 3.63) is 34.1 Å². The van der Waals surface area contributed by atoms with E-state index in [2.05, 4.69) is 52.6 Å². The van der Waals surface area contributed by atoms with Crippen LogP contribution in [0.2, 0.25) is 0 Å². The molecule has 2 fully saturated rings. The van der Waals surface area contributed by atoms with Crippen LogP contribution in [-0.4, -0.2) is 22.1 Å². The van der Waals surface area contributed by atoms with Gasteiger partial charge < -0.3 is 9.47 Å². The van der Waals surface area contributed by atoms with Crippen LogP contribution in [0.4, 0.5) is 4.39 Å². The summed E-state index contributed by atoms with van der Waals surface area (Å²) in [6.07, 6.45) is 1.77. The van der Waals surface area contributed by atoms with Crippen molar-refractivity contribution in [1.82, 2.24) is 0 Å². The van der Waals surface area contributed by atoms with Crippen LogP contribution in [0.15, 0.2) is 22.7 Å². The van der Waals surface area contributed by atoms with Crippen molar-refractivity contribution in [2.24, 2.45) is 5.92 Å². The molecule has 5 heteroatoms. The Bertz CT molecular complexity index is 560. The molecule has 2 nitrogen and oxygen atoms in total. The predicted molar refractivity (Wildman–Crippen MR) is 91.7 cm³/mol. The lowest BCUT2D eigenvalue weighted by Gasteiger charge is -2.35. The first kappa shape index (κ1) is 16.9. The summed E-state index contributed by atoms with van der Waals surface area (Å²) in [5, 5.41) is 0. The van der Waals surface area contributed by atoms with Crippen molar-refractivity contribution < 1.29 is 13.9 Å². The molecule has 2 bridgehead atoms. The Balaban J connectivity index is 1.75. The summed E-state index contributed by atoms with van der Waals surface area (Å²) in [5.41, 5.74) is 0.102. The number of fused-ring (bicyclic) bond motifs is 2. The molecule has 4 unspecified atom stereocenters. The van der Waals surface area contributed by atoms with Crippen LogP contribution in [0.3, 0.4) is 0 Å². The highest BCUT2D eigenvalue weighted by Gasteiger charge is 2.65. The van der Waals surface area contributed by atoms with Crippen molar-refractivity contribution in [2.45, 2.75) is 62.4 Å². The van der Waals surface area contributed by atoms with Crippen LogP contribution in [0.25, 0.3) is 0 Å². The van der Waals surface area contributed by atoms with Crippen molar-refractivity contribution in [1.29, 1.82) is 0 Å². The van der Waals surface area contributed by atoms with E-state index in [0.29, 0.717) is 16.3 Å². The fourth-order valence-electron chi connectivity index (χ4n) is 3.75. The first-order chi connectivity index (χ1) is 10.3. The van der Waals surface area contributed by atoms with Crippen LogP contribution < -0.4 is 0 Å². The second-order valence-corrected chi connectivity index (χ2v) is 8.86. The smallest absolute Gasteiger partial charge is 0.129 e. The molecular formula is C17H21Br2FO2. The molecule has 0 N–H and O–H groups in total. The van der Waals surface area contributed by atoms with Crippen molar-refractivity contribution >= 4 is 31.9 Å². The van der Waals surface area contributed by atoms with Gasteiger partial charge in [-0.05, 0) is 31.4 Å². The zero-order chi connectivity index (χ0) is 16.1. The standard InChI is InChI=1S/C17H21Br2FO2/c1-10(2)17-8-15(16(3,22-17)7-14(17)19)21-9-11-12(18)5-4-6-13(11)20/h4-6,10,14-15H,7-9H2,1-3H3. The largest absolute Gasteiger partial charge is 0.370 e. The molecule has 4 atom stereocenters. The normalized spacial score (nSPS) is 37.2. The number of hydrogen-bond acceptors (Lipinski definition) is 2. The lowest BCUT2D eigenvalue weighted by atomic mass is 9.75. The Morgan fingerprint density at radius 2 is 2.14 bits per heavy atom. The fourth-order valence-corrected chi connectivity index (χ4v) is 5.65. The molecule has 22 heavy (non-hydrogen) atoms. The minimum Gasteiger partial charge on any atom is -0.370 e. The molecule has 0 aliphatic carbocycles. The van der Waals surface area contributed by atoms with Gasteiger partial charge in [-0.3, -0.25) is 0 Å². The number of halogens is 3. The molecule has 1 aromatic carbocycles. The lowest BCUT2D eigenvalue weighted by Crippen LogP contribution is -2.44. The molecule has 2 heterocycles. The molecule has 0 amide bonds. The molecule has 2 aliphatic rings. The molecule has 0 spiro atoms. The highest BCUT2D eigenvalue weighted by Crippen LogP contribution is 2.57. The Hall–Kier alpha value is 0.0300. The molecule has 2 saturated heterocycles. The minimum atomic E-state index is -0.295. The lowest BCUT2D eigenvalue weighted by molar-refractivity contribution is -0.0958. The van der Waals surface area contributed by atoms with Gasteiger partial charge in [-0.2, -0.15) is 0 Å². The van der Waals surface area contributed by atoms with E-state index in [9.17, 15) is 4.39 Å². The Kier molecular flexibility index (Phi) is 4.47. The first-order valence-corrected chi connectivity index (χ1v) is 9.38. The van der Waals surface area contributed by atoms with Gasteiger partial charge in [0.25, 0.3) is 0 Å². The van der Waals surface area contributed by atoms with Crippen LogP contribution in [0, 0.1) is 11.7 Å². The van der Waals surface area contributed by atoms with Crippen LogP contribution in [0.1, 0.15) is 39.2 Å². The molecule has 2 aliphatic heterocycles. The van der Waals surface area contributed by atoms with Gasteiger partial charge in [0, 0.05) is 21.3 Å². The maximum atomic E-state index is 13.9. The van der Waals surface area contributed by atoms with E-state index >= 15 is 0 Å². The van der Waals surface area contributed by atoms with Gasteiger partial charge in [0.05, 0.1) is 23.9 Å². The average molecular weight is 436 g/mol. The third-order valence-electron chi connectivity index (χ3n) is 5.19. The number of ether oxygens (including phenoxy) is 2. The van der Waals surface area contributed by atoms with Gasteiger partial charge in [0.1, 0.15) is 5.82 Å². The van der Waals surface area contributed by atoms with Gasteiger partial charge in [-0.25, -0.2) is 4.39 Å². The molecule has 1 aromatic rings. The highest BCUT2D eigenvalue weighted by molar-refractivity contribution is 9.10. The van der Waals surface area contributed by atoms with E-state index in [0.717, 1.165) is 17.3 Å². The van der Waals surface area contributed by atoms with E-state index in [4.69, 9.17) is 9.47 Å². The Morgan fingerprint density at radius 1 is 1.41 bits per heavy atom. The van der Waals surface area contributed by atoms with Crippen LogP contribution in [-0.2, 0) is 16.1 Å². The molecule has 0 saturated carbocycles. The summed E-state index contributed by atoms with van der Waals surface area (Å²) in [5.74, 6) is 0.174. The third kappa shape index (κ3) is 2.58. The maximum Gasteiger partial charge on any atom is 0.129 e. The first-order valence-electron chi connectivity index (χ1n) is 7.67. The summed E-state index contributed by atoms with van der Waals surface area (Å²) < 4.78 is 27.2. The van der Waals surface area contributed by atoms with E-state index in [1.807, 2.05) is 6.07 Å². The van der Waals surface area contributed by atoms with E-state index in [1.54, 1.807) is 6.07 Å². The van der Waals surface area contributed by atoms with Crippen molar-refractivity contribution in [3.63, 3.8) is 0 Å². The monoisotopic (exact) mass is 434 g/mol. The molecule has 3 rings (SSSR count). The van der Waals surface area contributed by atoms with Gasteiger partial charge >= 0.3 is 0 Å². The van der Waals surface area contributed by atoms with Gasteiger partial charge in [-0.1, -0.05) is 51.8 Å². The van der Waals surface area contributed by atoms with Crippen LogP contribution >= 0.6 is 31.9 Å². The highest BCUT2D eigenvalue weighted by atomic mass is 79.9. The summed E-state index contributed by atoms with van der Waals surface area (Å²) in [4.78, 5) is 0.352. The summed E-state index contributed by atoms with van der Waals surface area (Å²) in [7, 11) is 0. The number of benzene rings is 1. The molecule has 0 radical (unpaired) electrons. The Morgan fingerprint density at radius 3 is 2.73 bits per heavy atom. The maximum absolute atomic E-state index is 13.9. The van der Waals surface area contributed by atoms with E-state index in [-0.39, 0.29) is 29.7 Å². The SMILES string of the molecule is CC(C)C12CC(OCc3c(F)cccc3Br)C(C)(CC1Br)O2. The van der Waals surface area contributed by atoms with E-state index in [1.165, 1.54) is 6.07 Å². The van der Waals surface area contributed by atoms with Gasteiger partial charge in [-0.15, -0.1) is 0 Å². The second-order valence-electron chi connectivity index (χ2n) is 6.90. The number of rotatable bonds is 4. The second kappa shape index (κ2) is 5.83. The van der Waals surface area contributed by atoms with E-state index < -0.39 is 0 Å². The van der Waals surface area contributed by atoms with Crippen molar-refractivity contribution in [2.75, 3.05) is 0 Å². The number of hydrogen-bond donors (Lipinski definition) is 0. The molecular weight excluding hydrogens is 415 g/mol. The Labute approximate surface area is 148 Å². The zero-order valence-corrected chi connectivity index (χ0v) is 16.2. The van der Waals surface area contributed by atoms with Crippen molar-refractivity contribution in [3.8, 4) is 0 Å². The molecule has 0 aromatic heterocycles. The zero-order valence-electron chi connectivity index (χ0n) is 13.0. The predicted octanol–water partition coefficient (Wildman–Crippen LogP) is 5.21. The third-order valence-corrected chi connectivity index (χ3v) is 7.03. The summed E-state index contributed by atoms with van der Waals surface area (Å²) >= 11 is 7.18. The molecule has 122 valence electrons. The topological polar surface area (TPSA) is 18.5 Å². The van der Waals surface area contributed by atoms with Crippen LogP contribution in [0.5, 0.6) is 0 Å². The quantitative estimate of drug-likeness (QED) is 0.604.